The Morgan fingerprint density at radius 3 is 2.35 bits per heavy atom. The minimum Gasteiger partial charge on any atom is -0.497 e. The van der Waals surface area contributed by atoms with Crippen molar-refractivity contribution in [3.63, 3.8) is 0 Å². The van der Waals surface area contributed by atoms with E-state index in [1.165, 1.54) is 0 Å². The van der Waals surface area contributed by atoms with Gasteiger partial charge in [0.1, 0.15) is 11.5 Å². The maximum absolute atomic E-state index is 12.4. The third kappa shape index (κ3) is 3.14. The average molecular weight is 308 g/mol. The average Bonchev–Trinajstić information content (AvgIpc) is 2.62. The second kappa shape index (κ2) is 6.69. The van der Waals surface area contributed by atoms with Crippen LogP contribution in [-0.2, 0) is 9.53 Å². The van der Waals surface area contributed by atoms with Crippen LogP contribution in [0.4, 0.5) is 0 Å². The van der Waals surface area contributed by atoms with Gasteiger partial charge in [0.15, 0.2) is 0 Å². The molecule has 0 N–H and O–H groups in total. The zero-order chi connectivity index (χ0) is 16.2. The normalized spacial score (nSPS) is 20.6. The summed E-state index contributed by atoms with van der Waals surface area (Å²) in [6.45, 7) is 2.02. The molecule has 23 heavy (non-hydrogen) atoms. The van der Waals surface area contributed by atoms with E-state index in [2.05, 4.69) is 6.08 Å². The van der Waals surface area contributed by atoms with Crippen LogP contribution in [0.25, 0.3) is 5.76 Å². The summed E-state index contributed by atoms with van der Waals surface area (Å²) in [6, 6.07) is 17.6. The second-order valence-electron chi connectivity index (χ2n) is 5.63. The van der Waals surface area contributed by atoms with Crippen molar-refractivity contribution in [3.05, 3.63) is 71.8 Å². The van der Waals surface area contributed by atoms with Crippen LogP contribution in [-0.4, -0.2) is 13.1 Å². The van der Waals surface area contributed by atoms with Gasteiger partial charge in [-0.3, -0.25) is 4.79 Å². The summed E-state index contributed by atoms with van der Waals surface area (Å²) in [5, 5.41) is 0. The third-order valence-corrected chi connectivity index (χ3v) is 4.28. The molecule has 3 rings (SSSR count). The van der Waals surface area contributed by atoms with Gasteiger partial charge in [-0.05, 0) is 30.2 Å². The fourth-order valence-electron chi connectivity index (χ4n) is 2.98. The van der Waals surface area contributed by atoms with Crippen LogP contribution in [0.1, 0.15) is 30.4 Å². The smallest absolute Gasteiger partial charge is 0.315 e. The van der Waals surface area contributed by atoms with E-state index in [0.29, 0.717) is 5.76 Å². The second-order valence-corrected chi connectivity index (χ2v) is 5.63. The zero-order valence-corrected chi connectivity index (χ0v) is 13.4. The van der Waals surface area contributed by atoms with Crippen molar-refractivity contribution in [2.75, 3.05) is 7.11 Å². The number of ether oxygens (including phenoxy) is 2. The van der Waals surface area contributed by atoms with Gasteiger partial charge in [0.2, 0.25) is 0 Å². The van der Waals surface area contributed by atoms with Crippen molar-refractivity contribution in [2.45, 2.75) is 19.3 Å². The lowest BCUT2D eigenvalue weighted by Crippen LogP contribution is -2.27. The van der Waals surface area contributed by atoms with Gasteiger partial charge in [0.25, 0.3) is 0 Å². The topological polar surface area (TPSA) is 35.5 Å². The van der Waals surface area contributed by atoms with Gasteiger partial charge in [-0.15, -0.1) is 0 Å². The highest BCUT2D eigenvalue weighted by Crippen LogP contribution is 2.38. The molecule has 0 aromatic heterocycles. The largest absolute Gasteiger partial charge is 0.497 e. The monoisotopic (exact) mass is 308 g/mol. The van der Waals surface area contributed by atoms with Gasteiger partial charge in [-0.2, -0.15) is 0 Å². The van der Waals surface area contributed by atoms with Gasteiger partial charge >= 0.3 is 5.97 Å². The Hall–Kier alpha value is -2.55. The molecule has 2 atom stereocenters. The fourth-order valence-corrected chi connectivity index (χ4v) is 2.98. The highest BCUT2D eigenvalue weighted by molar-refractivity contribution is 5.84. The first-order valence-electron chi connectivity index (χ1n) is 7.85. The Balaban J connectivity index is 2.00. The first-order valence-corrected chi connectivity index (χ1v) is 7.85. The minimum atomic E-state index is -0.158. The Morgan fingerprint density at radius 1 is 1.04 bits per heavy atom. The lowest BCUT2D eigenvalue weighted by Gasteiger charge is -2.28. The summed E-state index contributed by atoms with van der Waals surface area (Å²) in [5.41, 5.74) is 2.02. The van der Waals surface area contributed by atoms with Gasteiger partial charge in [-0.25, -0.2) is 0 Å². The molecule has 2 aromatic rings. The van der Waals surface area contributed by atoms with E-state index in [4.69, 9.17) is 9.47 Å². The first-order chi connectivity index (χ1) is 11.2. The Morgan fingerprint density at radius 2 is 1.74 bits per heavy atom. The van der Waals surface area contributed by atoms with Crippen LogP contribution in [0.15, 0.2) is 60.7 Å². The molecule has 0 amide bonds. The lowest BCUT2D eigenvalue weighted by atomic mass is 9.82. The molecular weight excluding hydrogens is 288 g/mol. The molecule has 1 aliphatic heterocycles. The Bertz CT molecular complexity index is 701. The molecule has 0 aliphatic carbocycles. The van der Waals surface area contributed by atoms with Crippen molar-refractivity contribution in [2.24, 2.45) is 5.92 Å². The Kier molecular flexibility index (Phi) is 4.47. The summed E-state index contributed by atoms with van der Waals surface area (Å²) < 4.78 is 10.8. The van der Waals surface area contributed by atoms with E-state index in [1.807, 2.05) is 61.5 Å². The molecule has 0 bridgehead atoms. The summed E-state index contributed by atoms with van der Waals surface area (Å²) in [7, 11) is 1.65. The van der Waals surface area contributed by atoms with E-state index in [9.17, 15) is 4.79 Å². The van der Waals surface area contributed by atoms with Crippen LogP contribution in [0.5, 0.6) is 5.75 Å². The highest BCUT2D eigenvalue weighted by Gasteiger charge is 2.33. The molecule has 0 saturated carbocycles. The van der Waals surface area contributed by atoms with Gasteiger partial charge < -0.3 is 9.47 Å². The van der Waals surface area contributed by atoms with E-state index in [1.54, 1.807) is 7.11 Å². The molecule has 0 unspecified atom stereocenters. The summed E-state index contributed by atoms with van der Waals surface area (Å²) in [4.78, 5) is 12.4. The number of esters is 1. The molecule has 3 nitrogen and oxygen atoms in total. The zero-order valence-electron chi connectivity index (χ0n) is 13.4. The van der Waals surface area contributed by atoms with Crippen molar-refractivity contribution < 1.29 is 14.3 Å². The molecule has 0 radical (unpaired) electrons. The molecule has 3 heteroatoms. The van der Waals surface area contributed by atoms with Crippen LogP contribution in [0.3, 0.4) is 0 Å². The number of benzene rings is 2. The van der Waals surface area contributed by atoms with E-state index >= 15 is 0 Å². The van der Waals surface area contributed by atoms with Crippen molar-refractivity contribution in [1.29, 1.82) is 0 Å². The molecule has 118 valence electrons. The van der Waals surface area contributed by atoms with Gasteiger partial charge in [0, 0.05) is 11.5 Å². The molecular formula is C20H20O3. The van der Waals surface area contributed by atoms with E-state index in [0.717, 1.165) is 23.3 Å². The van der Waals surface area contributed by atoms with E-state index in [-0.39, 0.29) is 17.8 Å². The molecule has 2 aromatic carbocycles. The standard InChI is InChI=1S/C20H20O3/c1-3-17-18(14-9-11-16(22-2)12-10-14)13-19(23-20(17)21)15-7-5-4-6-8-15/h4-13,17-18H,3H2,1-2H3/t17-,18-/m0/s1. The number of hydrogen-bond acceptors (Lipinski definition) is 3. The van der Waals surface area contributed by atoms with Crippen LogP contribution in [0.2, 0.25) is 0 Å². The van der Waals surface area contributed by atoms with Crippen molar-refractivity contribution in [1.82, 2.24) is 0 Å². The van der Waals surface area contributed by atoms with E-state index < -0.39 is 0 Å². The quantitative estimate of drug-likeness (QED) is 0.785. The van der Waals surface area contributed by atoms with Gasteiger partial charge in [-0.1, -0.05) is 49.4 Å². The van der Waals surface area contributed by atoms with Gasteiger partial charge in [0.05, 0.1) is 13.0 Å². The lowest BCUT2D eigenvalue weighted by molar-refractivity contribution is -0.142. The molecule has 0 fully saturated rings. The SMILES string of the molecule is CC[C@@H]1C(=O)OC(c2ccccc2)=C[C@H]1c1ccc(OC)cc1. The molecule has 0 saturated heterocycles. The van der Waals surface area contributed by atoms with Crippen LogP contribution in [0, 0.1) is 5.92 Å². The first kappa shape index (κ1) is 15.3. The maximum Gasteiger partial charge on any atom is 0.315 e. The van der Waals surface area contributed by atoms with Crippen LogP contribution >= 0.6 is 0 Å². The number of rotatable bonds is 4. The summed E-state index contributed by atoms with van der Waals surface area (Å²) in [6.07, 6.45) is 2.81. The number of cyclic esters (lactones) is 1. The summed E-state index contributed by atoms with van der Waals surface area (Å²) >= 11 is 0. The predicted molar refractivity (Wildman–Crippen MR) is 90.0 cm³/mol. The molecule has 1 heterocycles. The number of hydrogen-bond donors (Lipinski definition) is 0. The fraction of sp³-hybridized carbons (Fsp3) is 0.250. The molecule has 1 aliphatic rings. The predicted octanol–water partition coefficient (Wildman–Crippen LogP) is 4.40. The van der Waals surface area contributed by atoms with Crippen molar-refractivity contribution in [3.8, 4) is 5.75 Å². The Labute approximate surface area is 136 Å². The van der Waals surface area contributed by atoms with Crippen LogP contribution < -0.4 is 4.74 Å². The maximum atomic E-state index is 12.4. The summed E-state index contributed by atoms with van der Waals surface area (Å²) in [5.74, 6) is 1.15. The molecule has 0 spiro atoms. The number of carbonyl (C=O) groups is 1. The number of methoxy groups -OCH3 is 1. The minimum absolute atomic E-state index is 0.0161. The number of carbonyl (C=O) groups excluding carboxylic acids is 1. The number of allylic oxidation sites excluding steroid dienone is 1. The van der Waals surface area contributed by atoms with Crippen molar-refractivity contribution >= 4 is 11.7 Å². The highest BCUT2D eigenvalue weighted by atomic mass is 16.5. The third-order valence-electron chi connectivity index (χ3n) is 4.28.